The summed E-state index contributed by atoms with van der Waals surface area (Å²) in [4.78, 5) is 0. The quantitative estimate of drug-likeness (QED) is 0.534. The number of hydrogen-bond donors (Lipinski definition) is 1. The molecule has 1 heterocycles. The second-order valence-corrected chi connectivity index (χ2v) is 2.85. The highest BCUT2D eigenvalue weighted by atomic mass is 16.5. The Labute approximate surface area is 61.2 Å². The van der Waals surface area contributed by atoms with Gasteiger partial charge in [-0.3, -0.25) is 0 Å². The van der Waals surface area contributed by atoms with Gasteiger partial charge in [0.2, 0.25) is 0 Å². The zero-order chi connectivity index (χ0) is 7.61. The van der Waals surface area contributed by atoms with Crippen molar-refractivity contribution in [2.24, 2.45) is 5.92 Å². The van der Waals surface area contributed by atoms with Crippen LogP contribution >= 0.6 is 0 Å². The Kier molecular flexibility index (Phi) is 1.98. The van der Waals surface area contributed by atoms with E-state index in [-0.39, 0.29) is 5.92 Å². The molecular weight excluding hydrogens is 128 g/mol. The lowest BCUT2D eigenvalue weighted by Gasteiger charge is -2.22. The van der Waals surface area contributed by atoms with Gasteiger partial charge in [-0.1, -0.05) is 5.92 Å². The van der Waals surface area contributed by atoms with Crippen LogP contribution in [0, 0.1) is 18.3 Å². The van der Waals surface area contributed by atoms with Crippen LogP contribution < -0.4 is 0 Å². The second-order valence-electron chi connectivity index (χ2n) is 2.85. The smallest absolute Gasteiger partial charge is 0.127 e. The Balaban J connectivity index is 2.56. The van der Waals surface area contributed by atoms with E-state index in [1.165, 1.54) is 0 Å². The molecule has 0 amide bonds. The van der Waals surface area contributed by atoms with E-state index in [1.807, 2.05) is 0 Å². The Morgan fingerprint density at radius 3 is 2.90 bits per heavy atom. The lowest BCUT2D eigenvalue weighted by Crippen LogP contribution is -2.32. The Morgan fingerprint density at radius 2 is 2.50 bits per heavy atom. The number of rotatable bonds is 1. The zero-order valence-electron chi connectivity index (χ0n) is 6.13. The Bertz CT molecular complexity index is 149. The van der Waals surface area contributed by atoms with Crippen LogP contribution in [0.5, 0.6) is 0 Å². The molecule has 0 radical (unpaired) electrons. The largest absolute Gasteiger partial charge is 0.381 e. The molecule has 2 atom stereocenters. The number of ether oxygens (including phenoxy) is 1. The predicted molar refractivity (Wildman–Crippen MR) is 38.4 cm³/mol. The molecule has 0 aromatic heterocycles. The van der Waals surface area contributed by atoms with Crippen LogP contribution in [-0.2, 0) is 4.74 Å². The van der Waals surface area contributed by atoms with E-state index >= 15 is 0 Å². The van der Waals surface area contributed by atoms with Crippen molar-refractivity contribution in [3.8, 4) is 12.3 Å². The summed E-state index contributed by atoms with van der Waals surface area (Å²) >= 11 is 0. The molecule has 2 unspecified atom stereocenters. The normalized spacial score (nSPS) is 31.1. The van der Waals surface area contributed by atoms with Gasteiger partial charge in [-0.15, -0.1) is 6.42 Å². The molecule has 0 saturated carbocycles. The first-order chi connectivity index (χ1) is 4.67. The zero-order valence-corrected chi connectivity index (χ0v) is 6.13. The molecule has 1 N–H and O–H groups in total. The fraction of sp³-hybridized carbons (Fsp3) is 0.750. The lowest BCUT2D eigenvalue weighted by atomic mass is 9.90. The van der Waals surface area contributed by atoms with Gasteiger partial charge in [-0.25, -0.2) is 0 Å². The summed E-state index contributed by atoms with van der Waals surface area (Å²) in [7, 11) is 0. The van der Waals surface area contributed by atoms with Crippen LogP contribution in [-0.4, -0.2) is 23.9 Å². The molecular formula is C8H12O2. The van der Waals surface area contributed by atoms with Crippen LogP contribution in [0.4, 0.5) is 0 Å². The molecule has 2 heteroatoms. The molecule has 1 rings (SSSR count). The molecule has 1 aliphatic heterocycles. The number of terminal acetylenes is 1. The summed E-state index contributed by atoms with van der Waals surface area (Å²) in [6, 6.07) is 0. The van der Waals surface area contributed by atoms with Crippen molar-refractivity contribution < 1.29 is 9.84 Å². The van der Waals surface area contributed by atoms with E-state index < -0.39 is 5.60 Å². The third kappa shape index (κ3) is 1.31. The Morgan fingerprint density at radius 1 is 1.80 bits per heavy atom. The van der Waals surface area contributed by atoms with Gasteiger partial charge in [0.05, 0.1) is 6.61 Å². The highest BCUT2D eigenvalue weighted by Gasteiger charge is 2.32. The van der Waals surface area contributed by atoms with Gasteiger partial charge < -0.3 is 9.84 Å². The van der Waals surface area contributed by atoms with Crippen LogP contribution in [0.2, 0.25) is 0 Å². The molecule has 0 aromatic rings. The van der Waals surface area contributed by atoms with Crippen LogP contribution in [0.1, 0.15) is 13.3 Å². The fourth-order valence-electron chi connectivity index (χ4n) is 1.10. The van der Waals surface area contributed by atoms with Gasteiger partial charge >= 0.3 is 0 Å². The SMILES string of the molecule is C#CC(C)(O)C1CCOC1. The van der Waals surface area contributed by atoms with Crippen molar-refractivity contribution in [2.45, 2.75) is 18.9 Å². The molecule has 0 aliphatic carbocycles. The fourth-order valence-corrected chi connectivity index (χ4v) is 1.10. The maximum Gasteiger partial charge on any atom is 0.127 e. The van der Waals surface area contributed by atoms with E-state index in [9.17, 15) is 5.11 Å². The third-order valence-corrected chi connectivity index (χ3v) is 2.02. The van der Waals surface area contributed by atoms with Gasteiger partial charge in [-0.05, 0) is 13.3 Å². The molecule has 0 spiro atoms. The minimum Gasteiger partial charge on any atom is -0.381 e. The molecule has 1 saturated heterocycles. The summed E-state index contributed by atoms with van der Waals surface area (Å²) in [5.41, 5.74) is -0.976. The molecule has 56 valence electrons. The Hall–Kier alpha value is -0.520. The van der Waals surface area contributed by atoms with Crippen LogP contribution in [0.25, 0.3) is 0 Å². The van der Waals surface area contributed by atoms with Crippen LogP contribution in [0.3, 0.4) is 0 Å². The van der Waals surface area contributed by atoms with Crippen molar-refractivity contribution >= 4 is 0 Å². The van der Waals surface area contributed by atoms with E-state index in [4.69, 9.17) is 11.2 Å². The number of aliphatic hydroxyl groups is 1. The predicted octanol–water partition coefficient (Wildman–Crippen LogP) is 0.407. The summed E-state index contributed by atoms with van der Waals surface area (Å²) in [6.45, 7) is 2.98. The first-order valence-electron chi connectivity index (χ1n) is 3.44. The first kappa shape index (κ1) is 7.59. The third-order valence-electron chi connectivity index (χ3n) is 2.02. The highest BCUT2D eigenvalue weighted by molar-refractivity contribution is 5.08. The van der Waals surface area contributed by atoms with Gasteiger partial charge in [0.15, 0.2) is 0 Å². The maximum absolute atomic E-state index is 9.51. The number of hydrogen-bond acceptors (Lipinski definition) is 2. The molecule has 0 aromatic carbocycles. The minimum atomic E-state index is -0.976. The molecule has 2 nitrogen and oxygen atoms in total. The van der Waals surface area contributed by atoms with E-state index in [0.29, 0.717) is 6.61 Å². The summed E-state index contributed by atoms with van der Waals surface area (Å²) in [6.07, 6.45) is 6.00. The topological polar surface area (TPSA) is 29.5 Å². The van der Waals surface area contributed by atoms with Crippen molar-refractivity contribution in [3.05, 3.63) is 0 Å². The summed E-state index contributed by atoms with van der Waals surface area (Å²) in [5.74, 6) is 2.48. The monoisotopic (exact) mass is 140 g/mol. The van der Waals surface area contributed by atoms with Crippen LogP contribution in [0.15, 0.2) is 0 Å². The van der Waals surface area contributed by atoms with Crippen molar-refractivity contribution in [3.63, 3.8) is 0 Å². The lowest BCUT2D eigenvalue weighted by molar-refractivity contribution is 0.0477. The van der Waals surface area contributed by atoms with E-state index in [0.717, 1.165) is 13.0 Å². The van der Waals surface area contributed by atoms with Gasteiger partial charge in [-0.2, -0.15) is 0 Å². The van der Waals surface area contributed by atoms with Gasteiger partial charge in [0.25, 0.3) is 0 Å². The average molecular weight is 140 g/mol. The standard InChI is InChI=1S/C8H12O2/c1-3-8(2,9)7-4-5-10-6-7/h1,7,9H,4-6H2,2H3. The molecule has 0 bridgehead atoms. The molecule has 1 fully saturated rings. The molecule has 10 heavy (non-hydrogen) atoms. The van der Waals surface area contributed by atoms with Gasteiger partial charge in [0.1, 0.15) is 5.60 Å². The first-order valence-corrected chi connectivity index (χ1v) is 3.44. The van der Waals surface area contributed by atoms with Gasteiger partial charge in [0, 0.05) is 12.5 Å². The maximum atomic E-state index is 9.51. The van der Waals surface area contributed by atoms with Crippen molar-refractivity contribution in [1.82, 2.24) is 0 Å². The average Bonchev–Trinajstić information content (AvgIpc) is 2.38. The summed E-state index contributed by atoms with van der Waals surface area (Å²) < 4.78 is 5.09. The minimum absolute atomic E-state index is 0.123. The molecule has 1 aliphatic rings. The highest BCUT2D eigenvalue weighted by Crippen LogP contribution is 2.24. The van der Waals surface area contributed by atoms with E-state index in [2.05, 4.69) is 5.92 Å². The van der Waals surface area contributed by atoms with E-state index in [1.54, 1.807) is 6.92 Å². The van der Waals surface area contributed by atoms with Crippen molar-refractivity contribution in [2.75, 3.05) is 13.2 Å². The summed E-state index contributed by atoms with van der Waals surface area (Å²) in [5, 5.41) is 9.51. The second kappa shape index (κ2) is 2.61. The van der Waals surface area contributed by atoms with Crippen molar-refractivity contribution in [1.29, 1.82) is 0 Å².